The zero-order valence-electron chi connectivity index (χ0n) is 13.0. The summed E-state index contributed by atoms with van der Waals surface area (Å²) in [5, 5.41) is 17.1. The Morgan fingerprint density at radius 1 is 1.20 bits per heavy atom. The zero-order chi connectivity index (χ0) is 18.8. The van der Waals surface area contributed by atoms with Crippen molar-refractivity contribution in [2.24, 2.45) is 5.14 Å². The lowest BCUT2D eigenvalue weighted by Crippen LogP contribution is -2.16. The summed E-state index contributed by atoms with van der Waals surface area (Å²) in [4.78, 5) is -0.632. The number of alkyl halides is 3. The number of methoxy groups -OCH3 is 1. The van der Waals surface area contributed by atoms with Gasteiger partial charge in [-0.2, -0.15) is 13.2 Å². The van der Waals surface area contributed by atoms with E-state index in [1.165, 1.54) is 19.2 Å². The van der Waals surface area contributed by atoms with Crippen LogP contribution in [0.5, 0.6) is 11.5 Å². The van der Waals surface area contributed by atoms with E-state index in [9.17, 15) is 26.7 Å². The summed E-state index contributed by atoms with van der Waals surface area (Å²) < 4.78 is 66.9. The van der Waals surface area contributed by atoms with Crippen LogP contribution in [0.15, 0.2) is 41.3 Å². The van der Waals surface area contributed by atoms with Crippen LogP contribution in [-0.4, -0.2) is 20.6 Å². The van der Waals surface area contributed by atoms with E-state index in [1.807, 2.05) is 0 Å². The molecule has 25 heavy (non-hydrogen) atoms. The number of phenolic OH excluding ortho intramolecular Hbond substituents is 1. The molecular weight excluding hydrogens is 361 g/mol. The van der Waals surface area contributed by atoms with Crippen LogP contribution in [0.4, 0.5) is 18.9 Å². The highest BCUT2D eigenvalue weighted by Crippen LogP contribution is 2.36. The molecule has 0 aliphatic heterocycles. The number of rotatable bonds is 5. The monoisotopic (exact) mass is 376 g/mol. The van der Waals surface area contributed by atoms with Gasteiger partial charge in [0.15, 0.2) is 11.5 Å². The van der Waals surface area contributed by atoms with Gasteiger partial charge in [-0.05, 0) is 35.9 Å². The molecule has 0 heterocycles. The number of hydrogen-bond donors (Lipinski definition) is 3. The van der Waals surface area contributed by atoms with E-state index in [0.29, 0.717) is 11.6 Å². The number of primary sulfonamides is 1. The molecule has 0 radical (unpaired) electrons. The predicted octanol–water partition coefficient (Wildman–Crippen LogP) is 2.68. The molecule has 2 aromatic rings. The van der Waals surface area contributed by atoms with Crippen molar-refractivity contribution in [3.63, 3.8) is 0 Å². The van der Waals surface area contributed by atoms with Crippen molar-refractivity contribution < 1.29 is 31.4 Å². The molecular formula is C15H15F3N2O4S. The number of halogens is 3. The second-order valence-electron chi connectivity index (χ2n) is 5.11. The summed E-state index contributed by atoms with van der Waals surface area (Å²) >= 11 is 0. The van der Waals surface area contributed by atoms with Crippen molar-refractivity contribution in [2.45, 2.75) is 17.6 Å². The van der Waals surface area contributed by atoms with Crippen molar-refractivity contribution >= 4 is 15.7 Å². The molecule has 0 aliphatic rings. The highest BCUT2D eigenvalue weighted by Gasteiger charge is 2.34. The summed E-state index contributed by atoms with van der Waals surface area (Å²) in [6.07, 6.45) is -4.77. The topological polar surface area (TPSA) is 102 Å². The SMILES string of the molecule is COc1ccc(CNc2ccc(S(N)(=O)=O)cc2C(F)(F)F)cc1O. The second-order valence-corrected chi connectivity index (χ2v) is 6.67. The van der Waals surface area contributed by atoms with Crippen molar-refractivity contribution in [3.8, 4) is 11.5 Å². The van der Waals surface area contributed by atoms with Crippen molar-refractivity contribution in [3.05, 3.63) is 47.5 Å². The Bertz CT molecular complexity index is 883. The Hall–Kier alpha value is -2.46. The van der Waals surface area contributed by atoms with Gasteiger partial charge in [-0.15, -0.1) is 0 Å². The molecule has 136 valence electrons. The van der Waals surface area contributed by atoms with Crippen LogP contribution in [-0.2, 0) is 22.7 Å². The van der Waals surface area contributed by atoms with E-state index in [0.717, 1.165) is 12.1 Å². The van der Waals surface area contributed by atoms with Gasteiger partial charge in [0.2, 0.25) is 10.0 Å². The van der Waals surface area contributed by atoms with Gasteiger partial charge in [0.05, 0.1) is 17.6 Å². The first-order chi connectivity index (χ1) is 11.5. The Morgan fingerprint density at radius 3 is 2.40 bits per heavy atom. The molecule has 2 rings (SSSR count). The highest BCUT2D eigenvalue weighted by molar-refractivity contribution is 7.89. The van der Waals surface area contributed by atoms with Crippen LogP contribution in [0.3, 0.4) is 0 Å². The largest absolute Gasteiger partial charge is 0.504 e. The van der Waals surface area contributed by atoms with Gasteiger partial charge in [-0.3, -0.25) is 0 Å². The summed E-state index contributed by atoms with van der Waals surface area (Å²) in [5.74, 6) is 0.0830. The quantitative estimate of drug-likeness (QED) is 0.745. The number of nitrogens with one attached hydrogen (secondary N) is 1. The summed E-state index contributed by atoms with van der Waals surface area (Å²) in [7, 11) is -2.89. The molecule has 0 amide bonds. The molecule has 0 saturated carbocycles. The Balaban J connectivity index is 2.31. The minimum atomic E-state index is -4.77. The first-order valence-corrected chi connectivity index (χ1v) is 8.41. The van der Waals surface area contributed by atoms with Crippen LogP contribution < -0.4 is 15.2 Å². The number of benzene rings is 2. The maximum atomic E-state index is 13.2. The second kappa shape index (κ2) is 6.81. The highest BCUT2D eigenvalue weighted by atomic mass is 32.2. The molecule has 4 N–H and O–H groups in total. The van der Waals surface area contributed by atoms with E-state index in [4.69, 9.17) is 9.88 Å². The van der Waals surface area contributed by atoms with Gasteiger partial charge < -0.3 is 15.2 Å². The van der Waals surface area contributed by atoms with Gasteiger partial charge in [0.25, 0.3) is 0 Å². The number of phenols is 1. The van der Waals surface area contributed by atoms with Crippen LogP contribution in [0, 0.1) is 0 Å². The maximum Gasteiger partial charge on any atom is 0.418 e. The van der Waals surface area contributed by atoms with Crippen LogP contribution in [0.25, 0.3) is 0 Å². The summed E-state index contributed by atoms with van der Waals surface area (Å²) in [6, 6.07) is 6.84. The first-order valence-electron chi connectivity index (χ1n) is 6.86. The first kappa shape index (κ1) is 18.9. The molecule has 2 aromatic carbocycles. The number of hydrogen-bond acceptors (Lipinski definition) is 5. The third-order valence-electron chi connectivity index (χ3n) is 3.35. The van der Waals surface area contributed by atoms with Gasteiger partial charge in [-0.1, -0.05) is 6.07 Å². The average molecular weight is 376 g/mol. The zero-order valence-corrected chi connectivity index (χ0v) is 13.8. The molecule has 0 bridgehead atoms. The van der Waals surface area contributed by atoms with E-state index >= 15 is 0 Å². The molecule has 0 aromatic heterocycles. The molecule has 0 fully saturated rings. The number of sulfonamides is 1. The van der Waals surface area contributed by atoms with Gasteiger partial charge in [0, 0.05) is 12.2 Å². The Labute approximate surface area is 142 Å². The average Bonchev–Trinajstić information content (AvgIpc) is 2.51. The van der Waals surface area contributed by atoms with E-state index in [2.05, 4.69) is 5.32 Å². The predicted molar refractivity (Wildman–Crippen MR) is 84.8 cm³/mol. The molecule has 0 aliphatic carbocycles. The fourth-order valence-corrected chi connectivity index (χ4v) is 2.67. The number of nitrogens with two attached hydrogens (primary N) is 1. The smallest absolute Gasteiger partial charge is 0.418 e. The molecule has 0 saturated heterocycles. The lowest BCUT2D eigenvalue weighted by Gasteiger charge is -2.16. The van der Waals surface area contributed by atoms with Gasteiger partial charge in [-0.25, -0.2) is 13.6 Å². The number of aromatic hydroxyl groups is 1. The lowest BCUT2D eigenvalue weighted by atomic mass is 10.1. The van der Waals surface area contributed by atoms with Gasteiger partial charge in [0.1, 0.15) is 0 Å². The van der Waals surface area contributed by atoms with E-state index in [1.54, 1.807) is 6.07 Å². The van der Waals surface area contributed by atoms with Crippen molar-refractivity contribution in [1.82, 2.24) is 0 Å². The molecule has 10 heteroatoms. The Kier molecular flexibility index (Phi) is 5.14. The minimum absolute atomic E-state index is 0.0324. The van der Waals surface area contributed by atoms with E-state index < -0.39 is 26.7 Å². The Morgan fingerprint density at radius 2 is 1.88 bits per heavy atom. The maximum absolute atomic E-state index is 13.2. The fraction of sp³-hybridized carbons (Fsp3) is 0.200. The standard InChI is InChI=1S/C15H15F3N2O4S/c1-24-14-5-2-9(6-13(14)21)8-20-12-4-3-10(25(19,22)23)7-11(12)15(16,17)18/h2-7,20-21H,8H2,1H3,(H2,19,22,23). The number of anilines is 1. The number of ether oxygens (including phenoxy) is 1. The van der Waals surface area contributed by atoms with Crippen LogP contribution in [0.2, 0.25) is 0 Å². The van der Waals surface area contributed by atoms with Crippen molar-refractivity contribution in [1.29, 1.82) is 0 Å². The molecule has 6 nitrogen and oxygen atoms in total. The molecule has 0 unspecified atom stereocenters. The van der Waals surface area contributed by atoms with Gasteiger partial charge >= 0.3 is 6.18 Å². The lowest BCUT2D eigenvalue weighted by molar-refractivity contribution is -0.137. The van der Waals surface area contributed by atoms with E-state index in [-0.39, 0.29) is 23.7 Å². The molecule has 0 spiro atoms. The van der Waals surface area contributed by atoms with Crippen molar-refractivity contribution in [2.75, 3.05) is 12.4 Å². The normalized spacial score (nSPS) is 12.0. The third kappa shape index (κ3) is 4.54. The van der Waals surface area contributed by atoms with Crippen LogP contribution in [0.1, 0.15) is 11.1 Å². The summed E-state index contributed by atoms with van der Waals surface area (Å²) in [6.45, 7) is -0.0324. The minimum Gasteiger partial charge on any atom is -0.504 e. The molecule has 0 atom stereocenters. The fourth-order valence-electron chi connectivity index (χ4n) is 2.13. The van der Waals surface area contributed by atoms with Crippen LogP contribution >= 0.6 is 0 Å². The summed E-state index contributed by atoms with van der Waals surface area (Å²) in [5.41, 5.74) is -0.964. The third-order valence-corrected chi connectivity index (χ3v) is 4.26.